The van der Waals surface area contributed by atoms with Gasteiger partial charge in [-0.25, -0.2) is 9.36 Å². The van der Waals surface area contributed by atoms with Crippen molar-refractivity contribution in [1.29, 1.82) is 0 Å². The fourth-order valence-electron chi connectivity index (χ4n) is 12.0. The number of esters is 1. The maximum absolute atomic E-state index is 13.3. The van der Waals surface area contributed by atoms with E-state index in [1.165, 1.54) is 18.2 Å². The van der Waals surface area contributed by atoms with Crippen LogP contribution in [0.15, 0.2) is 60.7 Å². The van der Waals surface area contributed by atoms with Gasteiger partial charge in [0.15, 0.2) is 0 Å². The molecule has 0 spiro atoms. The molecule has 3 N–H and O–H groups in total. The summed E-state index contributed by atoms with van der Waals surface area (Å²) in [6.07, 6.45) is 2.19. The molecule has 4 aliphatic rings. The number of alkyl halides is 3. The number of ether oxygens (including phenoxy) is 1. The zero-order chi connectivity index (χ0) is 55.1. The minimum absolute atomic E-state index is 0. The molecule has 2 unspecified atom stereocenters. The summed E-state index contributed by atoms with van der Waals surface area (Å²) >= 11 is 0. The van der Waals surface area contributed by atoms with Crippen molar-refractivity contribution < 1.29 is 47.3 Å². The third kappa shape index (κ3) is 14.2. The van der Waals surface area contributed by atoms with Crippen LogP contribution in [0.2, 0.25) is 0 Å². The summed E-state index contributed by atoms with van der Waals surface area (Å²) in [4.78, 5) is 49.6. The molecule has 4 aromatic carbocycles. The zero-order valence-corrected chi connectivity index (χ0v) is 45.2. The van der Waals surface area contributed by atoms with Gasteiger partial charge in [-0.15, -0.1) is 10.2 Å². The van der Waals surface area contributed by atoms with Gasteiger partial charge in [-0.2, -0.15) is 13.2 Å². The van der Waals surface area contributed by atoms with E-state index in [4.69, 9.17) is 9.84 Å². The highest BCUT2D eigenvalue weighted by Gasteiger charge is 2.43. The van der Waals surface area contributed by atoms with E-state index in [0.29, 0.717) is 32.5 Å². The summed E-state index contributed by atoms with van der Waals surface area (Å²) in [5.41, 5.74) is 14.3. The highest BCUT2D eigenvalue weighted by Crippen LogP contribution is 2.41. The van der Waals surface area contributed by atoms with Gasteiger partial charge in [0.25, 0.3) is 0 Å². The van der Waals surface area contributed by atoms with Gasteiger partial charge in [-0.1, -0.05) is 80.7 Å². The monoisotopic (exact) mass is 1090 g/mol. The Morgan fingerprint density at radius 2 is 1.22 bits per heavy atom. The predicted octanol–water partition coefficient (Wildman–Crippen LogP) is 11.9. The molecule has 2 atom stereocenters. The van der Waals surface area contributed by atoms with E-state index in [-0.39, 0.29) is 76.6 Å². The summed E-state index contributed by atoms with van der Waals surface area (Å²) in [5, 5.41) is 39.0. The number of carbonyl (C=O) groups excluding carboxylic acids is 2. The maximum Gasteiger partial charge on any atom is 0.391 e. The van der Waals surface area contributed by atoms with Crippen LogP contribution in [0.5, 0.6) is 0 Å². The lowest BCUT2D eigenvalue weighted by atomic mass is 9.80. The number of hydrogen-bond acceptors (Lipinski definition) is 10. The molecule has 2 aliphatic carbocycles. The quantitative estimate of drug-likeness (QED) is 0.0983. The molecule has 18 heteroatoms. The van der Waals surface area contributed by atoms with E-state index in [1.54, 1.807) is 9.58 Å². The van der Waals surface area contributed by atoms with Gasteiger partial charge in [0.1, 0.15) is 11.0 Å². The van der Waals surface area contributed by atoms with Crippen molar-refractivity contribution in [1.82, 2.24) is 40.2 Å². The number of nitrogens with zero attached hydrogens (tertiary/aromatic N) is 7. The van der Waals surface area contributed by atoms with Crippen molar-refractivity contribution >= 4 is 45.9 Å². The summed E-state index contributed by atoms with van der Waals surface area (Å²) in [6.45, 7) is 14.5. The van der Waals surface area contributed by atoms with E-state index in [9.17, 15) is 37.5 Å². The molecule has 6 aromatic rings. The lowest BCUT2D eigenvalue weighted by molar-refractivity contribution is -0.185. The molecule has 2 saturated carbocycles. The van der Waals surface area contributed by atoms with E-state index < -0.39 is 30.0 Å². The van der Waals surface area contributed by atoms with Gasteiger partial charge in [-0.05, 0) is 172 Å². The average Bonchev–Trinajstić information content (AvgIpc) is 4.09. The highest BCUT2D eigenvalue weighted by molar-refractivity contribution is 5.82. The number of rotatable bonds is 12. The first-order valence-electron chi connectivity index (χ1n) is 27.3. The van der Waals surface area contributed by atoms with Crippen LogP contribution in [0.4, 0.5) is 13.2 Å². The number of amides is 1. The van der Waals surface area contributed by atoms with Crippen molar-refractivity contribution in [3.8, 4) is 0 Å². The molecule has 10 rings (SSSR count). The number of fused-ring (bicyclic) bond motifs is 4. The van der Waals surface area contributed by atoms with Crippen LogP contribution >= 0.6 is 0 Å². The molecule has 0 radical (unpaired) electrons. The number of nitrogens with one attached hydrogen (secondary N) is 1. The van der Waals surface area contributed by atoms with Crippen LogP contribution in [0.1, 0.15) is 167 Å². The third-order valence-electron chi connectivity index (χ3n) is 16.7. The molecule has 2 fully saturated rings. The lowest BCUT2D eigenvalue weighted by Crippen LogP contribution is -2.41. The first-order valence-corrected chi connectivity index (χ1v) is 27.3. The van der Waals surface area contributed by atoms with Crippen LogP contribution < -0.4 is 5.32 Å². The Balaban J connectivity index is 0.000000219. The van der Waals surface area contributed by atoms with Crippen LogP contribution in [-0.2, 0) is 62.9 Å². The number of aromatic nitrogens is 6. The van der Waals surface area contributed by atoms with E-state index in [1.807, 2.05) is 48.9 Å². The number of hydrogen-bond donors (Lipinski definition) is 3. The number of carboxylic acid groups (broad SMARTS) is 2. The molecule has 4 heterocycles. The number of carbonyl (C=O) groups is 4. The van der Waals surface area contributed by atoms with E-state index in [2.05, 4.69) is 77.0 Å². The van der Waals surface area contributed by atoms with Gasteiger partial charge >= 0.3 is 24.1 Å². The second-order valence-electron chi connectivity index (χ2n) is 21.5. The van der Waals surface area contributed by atoms with Crippen molar-refractivity contribution in [3.05, 3.63) is 116 Å². The van der Waals surface area contributed by atoms with E-state index >= 15 is 0 Å². The molecule has 15 nitrogen and oxygen atoms in total. The molecule has 79 heavy (non-hydrogen) atoms. The number of halogens is 3. The Morgan fingerprint density at radius 1 is 0.696 bits per heavy atom. The van der Waals surface area contributed by atoms with E-state index in [0.717, 1.165) is 124 Å². The minimum Gasteiger partial charge on any atom is -0.481 e. The Morgan fingerprint density at radius 3 is 1.72 bits per heavy atom. The number of aliphatic carboxylic acids is 2. The second kappa shape index (κ2) is 27.0. The van der Waals surface area contributed by atoms with Crippen molar-refractivity contribution in [2.45, 2.75) is 171 Å². The maximum atomic E-state index is 13.3. The first kappa shape index (κ1) is 61.5. The minimum atomic E-state index is -4.20. The fourth-order valence-corrected chi connectivity index (χ4v) is 12.0. The smallest absolute Gasteiger partial charge is 0.391 e. The topological polar surface area (TPSA) is 195 Å². The molecular formula is C61H81F3N8O7. The predicted molar refractivity (Wildman–Crippen MR) is 300 cm³/mol. The van der Waals surface area contributed by atoms with Gasteiger partial charge in [-0.3, -0.25) is 19.2 Å². The summed E-state index contributed by atoms with van der Waals surface area (Å²) < 4.78 is 47.9. The Hall–Kier alpha value is -6.69. The van der Waals surface area contributed by atoms with Gasteiger partial charge in [0.2, 0.25) is 5.91 Å². The molecule has 1 amide bonds. The standard InChI is InChI=1S/C29H33F3N4O3.C22H26N4O2.C8H14O2.2CH4/c1-3-36-25-11-10-23(17(2)27(25)33-34-36)24(15-26(37)38)20-5-4-18-12-13-35(16-21(18)14-20)28(39)19-6-8-22(9-7-19)29(30,31)32;1-4-26-20-8-7-18(14(2)22(20)24-25-26)19(12-21(27)28-3)16-6-5-15-9-10-23-13-17(15)11-16;1-6-2-4-7(5-3-6)8(9)10;;/h4-5,10-11,14,19,22,24H,3,6-9,12-13,15-16H2,1-2H3,(H,37,38);5-8,11,19,23H,4,9-10,12-13H2,1-3H3;6-7H,2-5H2,1H3,(H,9,10);2*1H4. The number of benzene rings is 4. The number of carboxylic acids is 2. The Labute approximate surface area is 462 Å². The normalized spacial score (nSPS) is 19.6. The molecule has 2 aromatic heterocycles. The van der Waals surface area contributed by atoms with Crippen LogP contribution in [0.3, 0.4) is 0 Å². The highest BCUT2D eigenvalue weighted by atomic mass is 19.4. The molecule has 0 bridgehead atoms. The molecular weight excluding hydrogens is 1010 g/mol. The van der Waals surface area contributed by atoms with Gasteiger partial charge < -0.3 is 25.2 Å². The lowest BCUT2D eigenvalue weighted by Gasteiger charge is -2.35. The average molecular weight is 1100 g/mol. The number of methoxy groups -OCH3 is 1. The molecule has 2 aliphatic heterocycles. The van der Waals surface area contributed by atoms with Crippen molar-refractivity contribution in [2.24, 2.45) is 23.7 Å². The fraction of sp³-hybridized carbons (Fsp3) is 0.541. The zero-order valence-electron chi connectivity index (χ0n) is 45.2. The van der Waals surface area contributed by atoms with Gasteiger partial charge in [0, 0.05) is 50.5 Å². The Bertz CT molecular complexity index is 3080. The van der Waals surface area contributed by atoms with Gasteiger partial charge in [0.05, 0.1) is 42.8 Å². The molecule has 428 valence electrons. The molecule has 0 saturated heterocycles. The van der Waals surface area contributed by atoms with Crippen LogP contribution in [-0.4, -0.2) is 95.3 Å². The summed E-state index contributed by atoms with van der Waals surface area (Å²) in [5.74, 6) is -3.28. The Kier molecular flexibility index (Phi) is 21.0. The van der Waals surface area contributed by atoms with Crippen molar-refractivity contribution in [2.75, 3.05) is 20.2 Å². The first-order chi connectivity index (χ1) is 36.9. The third-order valence-corrected chi connectivity index (χ3v) is 16.7. The second-order valence-corrected chi connectivity index (χ2v) is 21.5. The summed E-state index contributed by atoms with van der Waals surface area (Å²) in [7, 11) is 1.44. The van der Waals surface area contributed by atoms with Crippen LogP contribution in [0.25, 0.3) is 22.1 Å². The summed E-state index contributed by atoms with van der Waals surface area (Å²) in [6, 6.07) is 20.6. The SMILES string of the molecule is C.C.CC1CCC(C(=O)O)CC1.CCn1nnc2c(C)c(C(CC(=O)O)c3ccc4c(c3)CN(C(=O)C3CCC(C(F)(F)F)CC3)CC4)ccc21.CCn1nnc2c(C)c(C(CC(=O)OC)c3ccc4c(c3)CNCC4)ccc21. The number of aryl methyl sites for hydroxylation is 4. The largest absolute Gasteiger partial charge is 0.481 e. The van der Waals surface area contributed by atoms with Crippen LogP contribution in [0, 0.1) is 37.5 Å². The van der Waals surface area contributed by atoms with Crippen molar-refractivity contribution in [3.63, 3.8) is 0 Å².